The van der Waals surface area contributed by atoms with E-state index < -0.39 is 0 Å². The standard InChI is InChI=1S/C23H30N4O3/c1-26(2)14-12-24-22(28)17-8-6-9-18(16-17)25-21-19-10-4-5-11-20(19)23(29)27(21)13-7-15-30-3/h4-6,8-11,16,21,25H,7,12-15H2,1-3H3,(H,24,28). The zero-order valence-electron chi connectivity index (χ0n) is 17.9. The van der Waals surface area contributed by atoms with Crippen LogP contribution >= 0.6 is 0 Å². The number of amides is 2. The number of anilines is 1. The van der Waals surface area contributed by atoms with Gasteiger partial charge in [-0.1, -0.05) is 24.3 Å². The number of benzene rings is 2. The first kappa shape index (κ1) is 21.8. The van der Waals surface area contributed by atoms with Gasteiger partial charge in [-0.05, 0) is 44.8 Å². The van der Waals surface area contributed by atoms with Gasteiger partial charge in [0.05, 0.1) is 0 Å². The molecule has 3 rings (SSSR count). The van der Waals surface area contributed by atoms with Gasteiger partial charge in [0.2, 0.25) is 0 Å². The molecule has 1 aliphatic heterocycles. The molecule has 2 aromatic rings. The first-order valence-corrected chi connectivity index (χ1v) is 10.2. The third kappa shape index (κ3) is 5.17. The van der Waals surface area contributed by atoms with E-state index in [9.17, 15) is 9.59 Å². The van der Waals surface area contributed by atoms with Crippen LogP contribution in [-0.4, -0.2) is 69.1 Å². The van der Waals surface area contributed by atoms with Crippen molar-refractivity contribution in [2.75, 3.05) is 52.8 Å². The average Bonchev–Trinajstić information content (AvgIpc) is 3.00. The second-order valence-electron chi connectivity index (χ2n) is 7.62. The smallest absolute Gasteiger partial charge is 0.256 e. The molecule has 1 aliphatic rings. The number of fused-ring (bicyclic) bond motifs is 1. The average molecular weight is 411 g/mol. The molecule has 0 bridgehead atoms. The molecule has 30 heavy (non-hydrogen) atoms. The van der Waals surface area contributed by atoms with Crippen molar-refractivity contribution in [3.8, 4) is 0 Å². The summed E-state index contributed by atoms with van der Waals surface area (Å²) in [6.07, 6.45) is 0.473. The molecule has 1 atom stereocenters. The van der Waals surface area contributed by atoms with Gasteiger partial charge in [-0.25, -0.2) is 0 Å². The van der Waals surface area contributed by atoms with E-state index in [1.807, 2.05) is 66.4 Å². The van der Waals surface area contributed by atoms with Gasteiger partial charge >= 0.3 is 0 Å². The maximum absolute atomic E-state index is 12.9. The van der Waals surface area contributed by atoms with Crippen LogP contribution in [0, 0.1) is 0 Å². The van der Waals surface area contributed by atoms with Crippen molar-refractivity contribution in [3.05, 3.63) is 65.2 Å². The summed E-state index contributed by atoms with van der Waals surface area (Å²) in [5.41, 5.74) is 3.04. The highest BCUT2D eigenvalue weighted by Gasteiger charge is 2.36. The summed E-state index contributed by atoms with van der Waals surface area (Å²) < 4.78 is 5.15. The van der Waals surface area contributed by atoms with Crippen LogP contribution in [0.5, 0.6) is 0 Å². The topological polar surface area (TPSA) is 73.9 Å². The number of hydrogen-bond acceptors (Lipinski definition) is 5. The van der Waals surface area contributed by atoms with E-state index in [1.54, 1.807) is 13.2 Å². The summed E-state index contributed by atoms with van der Waals surface area (Å²) >= 11 is 0. The van der Waals surface area contributed by atoms with Crippen LogP contribution < -0.4 is 10.6 Å². The Hall–Kier alpha value is -2.90. The molecule has 1 heterocycles. The molecule has 1 unspecified atom stereocenters. The van der Waals surface area contributed by atoms with Crippen molar-refractivity contribution >= 4 is 17.5 Å². The number of ether oxygens (including phenoxy) is 1. The van der Waals surface area contributed by atoms with E-state index in [0.29, 0.717) is 30.8 Å². The lowest BCUT2D eigenvalue weighted by molar-refractivity contribution is 0.0721. The second kappa shape index (κ2) is 10.2. The second-order valence-corrected chi connectivity index (χ2v) is 7.62. The van der Waals surface area contributed by atoms with Crippen LogP contribution in [0.3, 0.4) is 0 Å². The van der Waals surface area contributed by atoms with Gasteiger partial charge < -0.3 is 25.2 Å². The molecule has 0 aromatic heterocycles. The lowest BCUT2D eigenvalue weighted by Gasteiger charge is -2.27. The quantitative estimate of drug-likeness (QED) is 0.589. The molecule has 7 nitrogen and oxygen atoms in total. The number of nitrogens with zero attached hydrogens (tertiary/aromatic N) is 2. The Bertz CT molecular complexity index is 884. The van der Waals surface area contributed by atoms with Crippen molar-refractivity contribution in [2.24, 2.45) is 0 Å². The Kier molecular flexibility index (Phi) is 7.43. The minimum atomic E-state index is -0.280. The fourth-order valence-corrected chi connectivity index (χ4v) is 3.54. The van der Waals surface area contributed by atoms with Crippen LogP contribution in [0.25, 0.3) is 0 Å². The first-order chi connectivity index (χ1) is 14.5. The molecule has 0 fully saturated rings. The van der Waals surface area contributed by atoms with E-state index in [2.05, 4.69) is 10.6 Å². The van der Waals surface area contributed by atoms with E-state index in [1.165, 1.54) is 0 Å². The number of nitrogens with one attached hydrogen (secondary N) is 2. The molecule has 0 aliphatic carbocycles. The Balaban J connectivity index is 1.76. The molecule has 2 N–H and O–H groups in total. The van der Waals surface area contributed by atoms with Gasteiger partial charge in [0.1, 0.15) is 6.17 Å². The largest absolute Gasteiger partial charge is 0.385 e. The number of methoxy groups -OCH3 is 1. The fourth-order valence-electron chi connectivity index (χ4n) is 3.54. The van der Waals surface area contributed by atoms with Crippen molar-refractivity contribution in [2.45, 2.75) is 12.6 Å². The van der Waals surface area contributed by atoms with E-state index >= 15 is 0 Å². The van der Waals surface area contributed by atoms with E-state index in [0.717, 1.165) is 24.2 Å². The van der Waals surface area contributed by atoms with Crippen molar-refractivity contribution < 1.29 is 14.3 Å². The molecule has 0 spiro atoms. The number of hydrogen-bond donors (Lipinski definition) is 2. The fraction of sp³-hybridized carbons (Fsp3) is 0.391. The van der Waals surface area contributed by atoms with Gasteiger partial charge in [-0.3, -0.25) is 9.59 Å². The maximum atomic E-state index is 12.9. The zero-order valence-corrected chi connectivity index (χ0v) is 17.9. The van der Waals surface area contributed by atoms with Crippen LogP contribution in [-0.2, 0) is 4.74 Å². The van der Waals surface area contributed by atoms with Gasteiger partial charge in [-0.2, -0.15) is 0 Å². The summed E-state index contributed by atoms with van der Waals surface area (Å²) in [6, 6.07) is 15.0. The van der Waals surface area contributed by atoms with E-state index in [4.69, 9.17) is 4.74 Å². The van der Waals surface area contributed by atoms with Crippen LogP contribution in [0.4, 0.5) is 5.69 Å². The SMILES string of the molecule is COCCCN1C(=O)c2ccccc2C1Nc1cccc(C(=O)NCCN(C)C)c1. The number of rotatable bonds is 10. The summed E-state index contributed by atoms with van der Waals surface area (Å²) in [4.78, 5) is 29.2. The Morgan fingerprint density at radius 2 is 1.97 bits per heavy atom. The number of likely N-dealkylation sites (N-methyl/N-ethyl adjacent to an activating group) is 1. The molecule has 0 saturated carbocycles. The predicted octanol–water partition coefficient (Wildman–Crippen LogP) is 2.58. The van der Waals surface area contributed by atoms with Crippen molar-refractivity contribution in [1.82, 2.24) is 15.1 Å². The molecule has 0 saturated heterocycles. The lowest BCUT2D eigenvalue weighted by Crippen LogP contribution is -2.34. The van der Waals surface area contributed by atoms with Crippen LogP contribution in [0.1, 0.15) is 38.9 Å². The van der Waals surface area contributed by atoms with Gasteiger partial charge in [-0.15, -0.1) is 0 Å². The Morgan fingerprint density at radius 1 is 1.17 bits per heavy atom. The van der Waals surface area contributed by atoms with Gasteiger partial charge in [0.25, 0.3) is 11.8 Å². The summed E-state index contributed by atoms with van der Waals surface area (Å²) in [7, 11) is 5.59. The summed E-state index contributed by atoms with van der Waals surface area (Å²) in [5, 5.41) is 6.38. The normalized spacial score (nSPS) is 15.4. The molecular weight excluding hydrogens is 380 g/mol. The maximum Gasteiger partial charge on any atom is 0.256 e. The lowest BCUT2D eigenvalue weighted by atomic mass is 10.1. The molecule has 2 aromatic carbocycles. The van der Waals surface area contributed by atoms with Gasteiger partial charge in [0.15, 0.2) is 0 Å². The van der Waals surface area contributed by atoms with E-state index in [-0.39, 0.29) is 18.0 Å². The number of carbonyl (C=O) groups excluding carboxylic acids is 2. The highest BCUT2D eigenvalue weighted by atomic mass is 16.5. The third-order valence-corrected chi connectivity index (χ3v) is 5.08. The van der Waals surface area contributed by atoms with Crippen molar-refractivity contribution in [1.29, 1.82) is 0 Å². The monoisotopic (exact) mass is 410 g/mol. The van der Waals surface area contributed by atoms with Crippen LogP contribution in [0.2, 0.25) is 0 Å². The summed E-state index contributed by atoms with van der Waals surface area (Å²) in [5.74, 6) is -0.0999. The summed E-state index contributed by atoms with van der Waals surface area (Å²) in [6.45, 7) is 2.54. The van der Waals surface area contributed by atoms with Crippen LogP contribution in [0.15, 0.2) is 48.5 Å². The molecule has 0 radical (unpaired) electrons. The minimum Gasteiger partial charge on any atom is -0.385 e. The first-order valence-electron chi connectivity index (χ1n) is 10.2. The third-order valence-electron chi connectivity index (χ3n) is 5.08. The van der Waals surface area contributed by atoms with Crippen molar-refractivity contribution in [3.63, 3.8) is 0 Å². The Morgan fingerprint density at radius 3 is 2.73 bits per heavy atom. The van der Waals surface area contributed by atoms with Gasteiger partial charge in [0, 0.05) is 55.7 Å². The molecular formula is C23H30N4O3. The molecule has 2 amide bonds. The zero-order chi connectivity index (χ0) is 21.5. The predicted molar refractivity (Wildman–Crippen MR) is 118 cm³/mol. The minimum absolute atomic E-state index is 0.0109. The Labute approximate surface area is 178 Å². The molecule has 160 valence electrons. The molecule has 7 heteroatoms. The highest BCUT2D eigenvalue weighted by Crippen LogP contribution is 2.34. The number of carbonyl (C=O) groups is 2. The highest BCUT2D eigenvalue weighted by molar-refractivity contribution is 5.99.